The van der Waals surface area contributed by atoms with Crippen LogP contribution in [-0.4, -0.2) is 43.9 Å². The van der Waals surface area contributed by atoms with Crippen molar-refractivity contribution in [1.29, 1.82) is 0 Å². The highest BCUT2D eigenvalue weighted by molar-refractivity contribution is 8.00. The second-order valence-electron chi connectivity index (χ2n) is 5.66. The van der Waals surface area contributed by atoms with Crippen LogP contribution in [0.4, 0.5) is 4.39 Å². The summed E-state index contributed by atoms with van der Waals surface area (Å²) in [5, 5.41) is 8.83. The summed E-state index contributed by atoms with van der Waals surface area (Å²) in [6.07, 6.45) is 2.17. The number of hydrogen-bond donors (Lipinski definition) is 0. The maximum absolute atomic E-state index is 13.0. The van der Waals surface area contributed by atoms with Gasteiger partial charge in [-0.3, -0.25) is 4.79 Å². The molecule has 5 nitrogen and oxygen atoms in total. The lowest BCUT2D eigenvalue weighted by Crippen LogP contribution is -2.34. The van der Waals surface area contributed by atoms with Crippen LogP contribution >= 0.6 is 11.8 Å². The first-order valence-corrected chi connectivity index (χ1v) is 8.55. The fraction of sp³-hybridized carbons (Fsp3) is 0.438. The number of thioether (sulfide) groups is 1. The number of benzene rings is 1. The second-order valence-corrected chi connectivity index (χ2v) is 6.97. The Balaban J connectivity index is 1.74. The molecule has 2 heterocycles. The number of amides is 1. The quantitative estimate of drug-likeness (QED) is 0.807. The number of carbonyl (C=O) groups excluding carboxylic acids is 1. The molecule has 0 saturated carbocycles. The minimum absolute atomic E-state index is 0.152. The molecule has 1 saturated heterocycles. The average Bonchev–Trinajstić information content (AvgIpc) is 3.19. The number of nitrogens with zero attached hydrogens (tertiary/aromatic N) is 4. The normalized spacial score (nSPS) is 15.9. The van der Waals surface area contributed by atoms with Crippen molar-refractivity contribution >= 4 is 17.7 Å². The zero-order valence-electron chi connectivity index (χ0n) is 13.2. The number of rotatable bonds is 4. The summed E-state index contributed by atoms with van der Waals surface area (Å²) in [4.78, 5) is 14.3. The minimum atomic E-state index is -0.282. The molecule has 122 valence electrons. The number of carbonyl (C=O) groups is 1. The van der Waals surface area contributed by atoms with Gasteiger partial charge in [0, 0.05) is 25.7 Å². The highest BCUT2D eigenvalue weighted by Gasteiger charge is 2.25. The van der Waals surface area contributed by atoms with E-state index >= 15 is 0 Å². The van der Waals surface area contributed by atoms with Gasteiger partial charge in [-0.2, -0.15) is 0 Å². The van der Waals surface area contributed by atoms with Gasteiger partial charge in [-0.25, -0.2) is 4.39 Å². The fourth-order valence-electron chi connectivity index (χ4n) is 2.67. The monoisotopic (exact) mass is 334 g/mol. The van der Waals surface area contributed by atoms with Crippen molar-refractivity contribution in [2.24, 2.45) is 7.05 Å². The Hall–Kier alpha value is -1.89. The third-order valence-corrected chi connectivity index (χ3v) is 5.11. The van der Waals surface area contributed by atoms with Gasteiger partial charge in [-0.1, -0.05) is 11.8 Å². The molecule has 7 heteroatoms. The Labute approximate surface area is 138 Å². The van der Waals surface area contributed by atoms with Crippen molar-refractivity contribution in [1.82, 2.24) is 19.7 Å². The summed E-state index contributed by atoms with van der Waals surface area (Å²) in [7, 11) is 1.86. The van der Waals surface area contributed by atoms with Gasteiger partial charge in [0.2, 0.25) is 5.91 Å². The maximum Gasteiger partial charge on any atom is 0.235 e. The van der Waals surface area contributed by atoms with E-state index in [9.17, 15) is 9.18 Å². The van der Waals surface area contributed by atoms with E-state index in [1.54, 1.807) is 12.1 Å². The predicted molar refractivity (Wildman–Crippen MR) is 87.5 cm³/mol. The Morgan fingerprint density at radius 2 is 1.87 bits per heavy atom. The van der Waals surface area contributed by atoms with Crippen molar-refractivity contribution in [3.05, 3.63) is 30.1 Å². The molecule has 1 aliphatic heterocycles. The average molecular weight is 334 g/mol. The molecule has 23 heavy (non-hydrogen) atoms. The van der Waals surface area contributed by atoms with Crippen molar-refractivity contribution in [2.45, 2.75) is 30.2 Å². The van der Waals surface area contributed by atoms with Crippen molar-refractivity contribution in [3.8, 4) is 11.4 Å². The van der Waals surface area contributed by atoms with Crippen LogP contribution in [0.25, 0.3) is 11.4 Å². The van der Waals surface area contributed by atoms with Crippen LogP contribution in [-0.2, 0) is 11.8 Å². The second kappa shape index (κ2) is 6.70. The SMILES string of the molecule is C[C@H](Sc1nnc(-c2ccc(F)cc2)n1C)C(=O)N1CCCC1. The van der Waals surface area contributed by atoms with Crippen LogP contribution < -0.4 is 0 Å². The predicted octanol–water partition coefficient (Wildman–Crippen LogP) is 2.72. The van der Waals surface area contributed by atoms with Gasteiger partial charge in [-0.05, 0) is 44.0 Å². The topological polar surface area (TPSA) is 51.0 Å². The Morgan fingerprint density at radius 1 is 1.22 bits per heavy atom. The summed E-state index contributed by atoms with van der Waals surface area (Å²) in [5.41, 5.74) is 0.798. The van der Waals surface area contributed by atoms with E-state index in [0.717, 1.165) is 31.5 Å². The Morgan fingerprint density at radius 3 is 2.52 bits per heavy atom. The highest BCUT2D eigenvalue weighted by Crippen LogP contribution is 2.27. The van der Waals surface area contributed by atoms with Crippen molar-refractivity contribution < 1.29 is 9.18 Å². The van der Waals surface area contributed by atoms with E-state index in [4.69, 9.17) is 0 Å². The maximum atomic E-state index is 13.0. The Kier molecular flexibility index (Phi) is 4.66. The summed E-state index contributed by atoms with van der Waals surface area (Å²) in [6, 6.07) is 6.14. The molecule has 1 amide bonds. The number of halogens is 1. The van der Waals surface area contributed by atoms with Crippen LogP contribution in [0.1, 0.15) is 19.8 Å². The van der Waals surface area contributed by atoms with E-state index < -0.39 is 0 Å². The molecule has 1 aromatic heterocycles. The zero-order chi connectivity index (χ0) is 16.4. The van der Waals surface area contributed by atoms with Gasteiger partial charge in [0.25, 0.3) is 0 Å². The zero-order valence-corrected chi connectivity index (χ0v) is 14.0. The largest absolute Gasteiger partial charge is 0.342 e. The number of aromatic nitrogens is 3. The van der Waals surface area contributed by atoms with Gasteiger partial charge in [0.1, 0.15) is 5.82 Å². The van der Waals surface area contributed by atoms with E-state index in [-0.39, 0.29) is 17.0 Å². The molecule has 2 aromatic rings. The molecule has 0 spiro atoms. The first kappa shape index (κ1) is 16.0. The molecule has 1 atom stereocenters. The van der Waals surface area contributed by atoms with Crippen LogP contribution in [0.5, 0.6) is 0 Å². The van der Waals surface area contributed by atoms with Crippen molar-refractivity contribution in [2.75, 3.05) is 13.1 Å². The van der Waals surface area contributed by atoms with Gasteiger partial charge in [0.05, 0.1) is 5.25 Å². The third-order valence-electron chi connectivity index (χ3n) is 3.99. The summed E-state index contributed by atoms with van der Waals surface area (Å²) in [6.45, 7) is 3.60. The molecule has 1 fully saturated rings. The van der Waals surface area contributed by atoms with Gasteiger partial charge < -0.3 is 9.47 Å². The first-order chi connectivity index (χ1) is 11.1. The lowest BCUT2D eigenvalue weighted by atomic mass is 10.2. The lowest BCUT2D eigenvalue weighted by Gasteiger charge is -2.19. The smallest absolute Gasteiger partial charge is 0.235 e. The van der Waals surface area contributed by atoms with Crippen LogP contribution in [0.2, 0.25) is 0 Å². The van der Waals surface area contributed by atoms with Gasteiger partial charge >= 0.3 is 0 Å². The van der Waals surface area contributed by atoms with Crippen LogP contribution in [0, 0.1) is 5.82 Å². The molecule has 0 unspecified atom stereocenters. The third kappa shape index (κ3) is 3.39. The number of likely N-dealkylation sites (tertiary alicyclic amines) is 1. The van der Waals surface area contributed by atoms with Crippen LogP contribution in [0.15, 0.2) is 29.4 Å². The standard InChI is InChI=1S/C16H19FN4OS/c1-11(15(22)21-9-3-4-10-21)23-16-19-18-14(20(16)2)12-5-7-13(17)8-6-12/h5-8,11H,3-4,9-10H2,1-2H3/t11-/m0/s1. The summed E-state index contributed by atoms with van der Waals surface area (Å²) < 4.78 is 14.9. The molecule has 3 rings (SSSR count). The highest BCUT2D eigenvalue weighted by atomic mass is 32.2. The Bertz CT molecular complexity index is 695. The fourth-order valence-corrected chi connectivity index (χ4v) is 3.57. The van der Waals surface area contributed by atoms with E-state index in [2.05, 4.69) is 10.2 Å². The van der Waals surface area contributed by atoms with Gasteiger partial charge in [0.15, 0.2) is 11.0 Å². The molecule has 0 aliphatic carbocycles. The van der Waals surface area contributed by atoms with Crippen molar-refractivity contribution in [3.63, 3.8) is 0 Å². The molecule has 0 bridgehead atoms. The van der Waals surface area contributed by atoms with E-state index in [0.29, 0.717) is 11.0 Å². The molecule has 0 N–H and O–H groups in total. The first-order valence-electron chi connectivity index (χ1n) is 7.67. The molecule has 1 aromatic carbocycles. The molecule has 1 aliphatic rings. The molecule has 0 radical (unpaired) electrons. The molecular formula is C16H19FN4OS. The van der Waals surface area contributed by atoms with Crippen LogP contribution in [0.3, 0.4) is 0 Å². The summed E-state index contributed by atoms with van der Waals surface area (Å²) in [5.74, 6) is 0.530. The van der Waals surface area contributed by atoms with E-state index in [1.165, 1.54) is 23.9 Å². The minimum Gasteiger partial charge on any atom is -0.342 e. The summed E-state index contributed by atoms with van der Waals surface area (Å²) >= 11 is 1.41. The van der Waals surface area contributed by atoms with Gasteiger partial charge in [-0.15, -0.1) is 10.2 Å². The lowest BCUT2D eigenvalue weighted by molar-refractivity contribution is -0.129. The van der Waals surface area contributed by atoms with E-state index in [1.807, 2.05) is 23.4 Å². The number of hydrogen-bond acceptors (Lipinski definition) is 4. The molecular weight excluding hydrogens is 315 g/mol.